The van der Waals surface area contributed by atoms with Gasteiger partial charge in [-0.1, -0.05) is 35.9 Å². The van der Waals surface area contributed by atoms with Gasteiger partial charge in [0.2, 0.25) is 5.91 Å². The highest BCUT2D eigenvalue weighted by Gasteiger charge is 2.08. The number of amides is 2. The maximum absolute atomic E-state index is 12.2. The molecular formula is C23H21ClN2O3S. The summed E-state index contributed by atoms with van der Waals surface area (Å²) in [4.78, 5) is 25.4. The normalized spacial score (nSPS) is 10.3. The molecule has 3 aromatic carbocycles. The quantitative estimate of drug-likeness (QED) is 0.414. The highest BCUT2D eigenvalue weighted by Crippen LogP contribution is 2.24. The number of carbonyl (C=O) groups is 2. The zero-order valence-electron chi connectivity index (χ0n) is 16.4. The fourth-order valence-electron chi connectivity index (χ4n) is 2.62. The van der Waals surface area contributed by atoms with Gasteiger partial charge in [0.05, 0.1) is 13.5 Å². The number of nitrogens with one attached hydrogen (secondary N) is 2. The zero-order valence-corrected chi connectivity index (χ0v) is 17.9. The van der Waals surface area contributed by atoms with E-state index in [0.717, 1.165) is 27.5 Å². The highest BCUT2D eigenvalue weighted by molar-refractivity contribution is 7.98. The number of halogens is 1. The van der Waals surface area contributed by atoms with Crippen molar-refractivity contribution >= 4 is 35.2 Å². The number of ether oxygens (including phenoxy) is 1. The fraction of sp³-hybridized carbons (Fsp3) is 0.130. The van der Waals surface area contributed by atoms with Crippen LogP contribution in [0.1, 0.15) is 21.5 Å². The summed E-state index contributed by atoms with van der Waals surface area (Å²) in [5.74, 6) is 0.837. The molecule has 0 aliphatic carbocycles. The molecule has 0 aromatic heterocycles. The number of hydrogen-bond acceptors (Lipinski definition) is 4. The van der Waals surface area contributed by atoms with E-state index in [9.17, 15) is 9.59 Å². The van der Waals surface area contributed by atoms with Gasteiger partial charge in [-0.2, -0.15) is 0 Å². The van der Waals surface area contributed by atoms with E-state index >= 15 is 0 Å². The van der Waals surface area contributed by atoms with Gasteiger partial charge in [0.15, 0.2) is 0 Å². The van der Waals surface area contributed by atoms with Gasteiger partial charge in [0.25, 0.3) is 5.91 Å². The first-order chi connectivity index (χ1) is 14.5. The molecular weight excluding hydrogens is 420 g/mol. The number of carbonyl (C=O) groups excluding carboxylic acids is 2. The molecule has 0 aliphatic rings. The lowest BCUT2D eigenvalue weighted by atomic mass is 10.1. The molecule has 0 saturated heterocycles. The smallest absolute Gasteiger partial charge is 0.269 e. The minimum Gasteiger partial charge on any atom is -0.497 e. The van der Waals surface area contributed by atoms with Crippen molar-refractivity contribution in [2.24, 2.45) is 0 Å². The molecule has 154 valence electrons. The third kappa shape index (κ3) is 6.54. The molecule has 7 heteroatoms. The molecule has 5 nitrogen and oxygen atoms in total. The Bertz CT molecular complexity index is 990. The van der Waals surface area contributed by atoms with Crippen molar-refractivity contribution in [3.8, 4) is 5.75 Å². The number of thioether (sulfide) groups is 1. The first kappa shape index (κ1) is 21.7. The first-order valence-electron chi connectivity index (χ1n) is 9.23. The van der Waals surface area contributed by atoms with Gasteiger partial charge < -0.3 is 4.74 Å². The third-order valence-electron chi connectivity index (χ3n) is 4.27. The number of hydrazine groups is 1. The van der Waals surface area contributed by atoms with Crippen molar-refractivity contribution in [3.05, 3.63) is 94.5 Å². The lowest BCUT2D eigenvalue weighted by Gasteiger charge is -2.09. The van der Waals surface area contributed by atoms with E-state index in [-0.39, 0.29) is 18.2 Å². The number of methoxy groups -OCH3 is 1. The largest absolute Gasteiger partial charge is 0.497 e. The predicted octanol–water partition coefficient (Wildman–Crippen LogP) is 4.64. The van der Waals surface area contributed by atoms with Crippen molar-refractivity contribution in [1.29, 1.82) is 0 Å². The summed E-state index contributed by atoms with van der Waals surface area (Å²) in [5, 5.41) is 0.714. The molecule has 2 N–H and O–H groups in total. The zero-order chi connectivity index (χ0) is 21.3. The molecule has 0 radical (unpaired) electrons. The van der Waals surface area contributed by atoms with E-state index in [0.29, 0.717) is 10.6 Å². The predicted molar refractivity (Wildman–Crippen MR) is 120 cm³/mol. The third-order valence-corrected chi connectivity index (χ3v) is 5.61. The molecule has 0 saturated carbocycles. The minimum absolute atomic E-state index is 0.158. The Kier molecular flexibility index (Phi) is 7.76. The van der Waals surface area contributed by atoms with Gasteiger partial charge in [-0.15, -0.1) is 11.8 Å². The summed E-state index contributed by atoms with van der Waals surface area (Å²) in [6, 6.07) is 22.1. The Labute approximate surface area is 184 Å². The molecule has 3 aromatic rings. The average molecular weight is 441 g/mol. The average Bonchev–Trinajstić information content (AvgIpc) is 2.78. The number of hydrogen-bond donors (Lipinski definition) is 2. The standard InChI is InChI=1S/C23H21ClN2O3S/c1-29-20-10-4-16(5-11-20)14-22(27)25-26-23(28)18-6-2-17(3-7-18)15-30-21-12-8-19(24)9-13-21/h2-13H,14-15H2,1H3,(H,25,27)(H,26,28). The van der Waals surface area contributed by atoms with Gasteiger partial charge >= 0.3 is 0 Å². The molecule has 0 atom stereocenters. The molecule has 2 amide bonds. The van der Waals surface area contributed by atoms with E-state index < -0.39 is 0 Å². The molecule has 0 unspecified atom stereocenters. The second-order valence-electron chi connectivity index (χ2n) is 6.47. The number of benzene rings is 3. The van der Waals surface area contributed by atoms with Crippen molar-refractivity contribution in [3.63, 3.8) is 0 Å². The van der Waals surface area contributed by atoms with Gasteiger partial charge in [-0.25, -0.2) is 0 Å². The van der Waals surface area contributed by atoms with Crippen LogP contribution in [0.15, 0.2) is 77.7 Å². The van der Waals surface area contributed by atoms with E-state index in [1.54, 1.807) is 55.3 Å². The van der Waals surface area contributed by atoms with Crippen LogP contribution in [-0.4, -0.2) is 18.9 Å². The summed E-state index contributed by atoms with van der Waals surface area (Å²) in [7, 11) is 1.59. The van der Waals surface area contributed by atoms with Crippen LogP contribution in [0, 0.1) is 0 Å². The maximum atomic E-state index is 12.2. The highest BCUT2D eigenvalue weighted by atomic mass is 35.5. The fourth-order valence-corrected chi connectivity index (χ4v) is 3.60. The van der Waals surface area contributed by atoms with Crippen LogP contribution in [0.2, 0.25) is 5.02 Å². The van der Waals surface area contributed by atoms with Crippen LogP contribution in [0.4, 0.5) is 0 Å². The molecule has 0 fully saturated rings. The summed E-state index contributed by atoms with van der Waals surface area (Å²) >= 11 is 7.58. The minimum atomic E-state index is -0.366. The van der Waals surface area contributed by atoms with Gasteiger partial charge in [-0.3, -0.25) is 20.4 Å². The molecule has 0 aliphatic heterocycles. The summed E-state index contributed by atoms with van der Waals surface area (Å²) in [6.45, 7) is 0. The lowest BCUT2D eigenvalue weighted by molar-refractivity contribution is -0.121. The van der Waals surface area contributed by atoms with Gasteiger partial charge in [0, 0.05) is 21.2 Å². The Balaban J connectivity index is 1.45. The van der Waals surface area contributed by atoms with Crippen molar-refractivity contribution in [2.75, 3.05) is 7.11 Å². The Morgan fingerprint density at radius 3 is 2.13 bits per heavy atom. The molecule has 0 spiro atoms. The molecule has 0 bridgehead atoms. The van der Waals surface area contributed by atoms with E-state index in [1.807, 2.05) is 36.4 Å². The van der Waals surface area contributed by atoms with Gasteiger partial charge in [0.1, 0.15) is 5.75 Å². The van der Waals surface area contributed by atoms with Crippen molar-refractivity contribution in [1.82, 2.24) is 10.9 Å². The van der Waals surface area contributed by atoms with E-state index in [4.69, 9.17) is 16.3 Å². The summed E-state index contributed by atoms with van der Waals surface area (Å²) in [6.07, 6.45) is 0.158. The van der Waals surface area contributed by atoms with Gasteiger partial charge in [-0.05, 0) is 59.7 Å². The summed E-state index contributed by atoms with van der Waals surface area (Å²) < 4.78 is 5.09. The van der Waals surface area contributed by atoms with Crippen molar-refractivity contribution in [2.45, 2.75) is 17.1 Å². The Hall–Kier alpha value is -2.96. The van der Waals surface area contributed by atoms with Crippen LogP contribution in [0.3, 0.4) is 0 Å². The first-order valence-corrected chi connectivity index (χ1v) is 10.6. The molecule has 30 heavy (non-hydrogen) atoms. The van der Waals surface area contributed by atoms with Crippen LogP contribution >= 0.6 is 23.4 Å². The molecule has 0 heterocycles. The Morgan fingerprint density at radius 1 is 0.867 bits per heavy atom. The topological polar surface area (TPSA) is 67.4 Å². The van der Waals surface area contributed by atoms with E-state index in [1.165, 1.54) is 0 Å². The molecule has 3 rings (SSSR count). The van der Waals surface area contributed by atoms with Crippen LogP contribution in [-0.2, 0) is 17.0 Å². The van der Waals surface area contributed by atoms with E-state index in [2.05, 4.69) is 10.9 Å². The second-order valence-corrected chi connectivity index (χ2v) is 7.95. The maximum Gasteiger partial charge on any atom is 0.269 e. The van der Waals surface area contributed by atoms with Crippen LogP contribution in [0.25, 0.3) is 0 Å². The lowest BCUT2D eigenvalue weighted by Crippen LogP contribution is -2.42. The summed E-state index contributed by atoms with van der Waals surface area (Å²) in [5.41, 5.74) is 7.27. The SMILES string of the molecule is COc1ccc(CC(=O)NNC(=O)c2ccc(CSc3ccc(Cl)cc3)cc2)cc1. The van der Waals surface area contributed by atoms with Crippen molar-refractivity contribution < 1.29 is 14.3 Å². The number of rotatable bonds is 7. The van der Waals surface area contributed by atoms with Crippen LogP contribution in [0.5, 0.6) is 5.75 Å². The Morgan fingerprint density at radius 2 is 1.50 bits per heavy atom. The second kappa shape index (κ2) is 10.7. The van der Waals surface area contributed by atoms with Crippen LogP contribution < -0.4 is 15.6 Å². The monoisotopic (exact) mass is 440 g/mol.